The molecule has 1 saturated carbocycles. The van der Waals surface area contributed by atoms with Crippen LogP contribution in [0.4, 0.5) is 0 Å². The van der Waals surface area contributed by atoms with Crippen molar-refractivity contribution >= 4 is 27.5 Å². The number of hydrogen-bond acceptors (Lipinski definition) is 3. The standard InChI is InChI=1S/C16H22BrClN2O/c17-13-6-5-11(18)9-12(13)15(10-19)20-7-8-21-16-4-2-1-3-14(16)20/h5-6,9,14-16H,1-4,7-8,10,19H2. The molecule has 2 N–H and O–H groups in total. The zero-order valence-electron chi connectivity index (χ0n) is 12.1. The normalized spacial score (nSPS) is 28.1. The van der Waals surface area contributed by atoms with Crippen molar-refractivity contribution in [1.82, 2.24) is 4.90 Å². The van der Waals surface area contributed by atoms with E-state index in [9.17, 15) is 0 Å². The molecule has 21 heavy (non-hydrogen) atoms. The Morgan fingerprint density at radius 1 is 1.38 bits per heavy atom. The number of ether oxygens (including phenoxy) is 1. The largest absolute Gasteiger partial charge is 0.375 e. The molecule has 3 unspecified atom stereocenters. The molecule has 3 atom stereocenters. The van der Waals surface area contributed by atoms with Crippen LogP contribution >= 0.6 is 27.5 Å². The molecule has 116 valence electrons. The van der Waals surface area contributed by atoms with Gasteiger partial charge in [-0.15, -0.1) is 0 Å². The summed E-state index contributed by atoms with van der Waals surface area (Å²) in [5.41, 5.74) is 7.32. The van der Waals surface area contributed by atoms with Crippen molar-refractivity contribution in [1.29, 1.82) is 0 Å². The van der Waals surface area contributed by atoms with E-state index in [4.69, 9.17) is 22.1 Å². The van der Waals surface area contributed by atoms with Gasteiger partial charge in [-0.25, -0.2) is 0 Å². The summed E-state index contributed by atoms with van der Waals surface area (Å²) in [5, 5.41) is 0.764. The number of hydrogen-bond donors (Lipinski definition) is 1. The van der Waals surface area contributed by atoms with E-state index in [0.717, 1.165) is 22.6 Å². The van der Waals surface area contributed by atoms with Gasteiger partial charge >= 0.3 is 0 Å². The van der Waals surface area contributed by atoms with Crippen LogP contribution in [-0.4, -0.2) is 36.7 Å². The zero-order chi connectivity index (χ0) is 14.8. The van der Waals surface area contributed by atoms with Crippen molar-refractivity contribution in [2.24, 2.45) is 5.73 Å². The van der Waals surface area contributed by atoms with Crippen molar-refractivity contribution in [3.63, 3.8) is 0 Å². The van der Waals surface area contributed by atoms with E-state index >= 15 is 0 Å². The number of nitrogens with two attached hydrogens (primary N) is 1. The molecule has 2 fully saturated rings. The third-order valence-corrected chi connectivity index (χ3v) is 5.67. The van der Waals surface area contributed by atoms with Gasteiger partial charge in [0.25, 0.3) is 0 Å². The maximum absolute atomic E-state index is 6.19. The van der Waals surface area contributed by atoms with Gasteiger partial charge in [0, 0.05) is 34.7 Å². The van der Waals surface area contributed by atoms with Gasteiger partial charge < -0.3 is 10.5 Å². The van der Waals surface area contributed by atoms with E-state index in [1.165, 1.54) is 31.2 Å². The van der Waals surface area contributed by atoms with E-state index < -0.39 is 0 Å². The maximum atomic E-state index is 6.19. The molecule has 0 amide bonds. The van der Waals surface area contributed by atoms with Gasteiger partial charge in [-0.3, -0.25) is 4.90 Å². The number of rotatable bonds is 3. The van der Waals surface area contributed by atoms with Crippen molar-refractivity contribution < 1.29 is 4.74 Å². The minimum atomic E-state index is 0.201. The lowest BCUT2D eigenvalue weighted by Crippen LogP contribution is -2.54. The highest BCUT2D eigenvalue weighted by Crippen LogP contribution is 2.36. The topological polar surface area (TPSA) is 38.5 Å². The van der Waals surface area contributed by atoms with Crippen molar-refractivity contribution in [2.75, 3.05) is 19.7 Å². The summed E-state index contributed by atoms with van der Waals surface area (Å²) in [6.45, 7) is 2.35. The van der Waals surface area contributed by atoms with Crippen LogP contribution in [0.2, 0.25) is 5.02 Å². The Morgan fingerprint density at radius 3 is 3.00 bits per heavy atom. The molecular formula is C16H22BrClN2O. The molecular weight excluding hydrogens is 352 g/mol. The molecule has 0 radical (unpaired) electrons. The SMILES string of the molecule is NCC(c1cc(Cl)ccc1Br)N1CCOC2CCCCC21. The Bertz CT molecular complexity index is 497. The number of morpholine rings is 1. The van der Waals surface area contributed by atoms with Crippen LogP contribution in [0.3, 0.4) is 0 Å². The highest BCUT2D eigenvalue weighted by molar-refractivity contribution is 9.10. The quantitative estimate of drug-likeness (QED) is 0.877. The fourth-order valence-corrected chi connectivity index (χ4v) is 4.42. The molecule has 1 saturated heterocycles. The summed E-state index contributed by atoms with van der Waals surface area (Å²) < 4.78 is 7.06. The molecule has 1 aromatic carbocycles. The summed E-state index contributed by atoms with van der Waals surface area (Å²) in [5.74, 6) is 0. The van der Waals surface area contributed by atoms with E-state index in [1.54, 1.807) is 0 Å². The van der Waals surface area contributed by atoms with Gasteiger partial charge in [0.2, 0.25) is 0 Å². The lowest BCUT2D eigenvalue weighted by Gasteiger charge is -2.47. The monoisotopic (exact) mass is 372 g/mol. The number of nitrogens with zero attached hydrogens (tertiary/aromatic N) is 1. The second-order valence-electron chi connectivity index (χ2n) is 5.92. The van der Waals surface area contributed by atoms with Gasteiger partial charge in [-0.2, -0.15) is 0 Å². The maximum Gasteiger partial charge on any atom is 0.0731 e. The van der Waals surface area contributed by atoms with Crippen LogP contribution in [0.25, 0.3) is 0 Å². The molecule has 1 aromatic rings. The predicted octanol–water partition coefficient (Wildman–Crippen LogP) is 3.75. The summed E-state index contributed by atoms with van der Waals surface area (Å²) in [7, 11) is 0. The number of benzene rings is 1. The average Bonchev–Trinajstić information content (AvgIpc) is 2.51. The van der Waals surface area contributed by atoms with E-state index in [0.29, 0.717) is 18.7 Å². The molecule has 3 nitrogen and oxygen atoms in total. The molecule has 0 bridgehead atoms. The lowest BCUT2D eigenvalue weighted by molar-refractivity contribution is -0.102. The first kappa shape index (κ1) is 15.8. The van der Waals surface area contributed by atoms with Crippen LogP contribution < -0.4 is 5.73 Å². The van der Waals surface area contributed by atoms with Crippen LogP contribution in [0.15, 0.2) is 22.7 Å². The highest BCUT2D eigenvalue weighted by atomic mass is 79.9. The predicted molar refractivity (Wildman–Crippen MR) is 89.6 cm³/mol. The van der Waals surface area contributed by atoms with Crippen LogP contribution in [0, 0.1) is 0 Å². The first-order valence-corrected chi connectivity index (χ1v) is 8.90. The van der Waals surface area contributed by atoms with Crippen LogP contribution in [0.1, 0.15) is 37.3 Å². The summed E-state index contributed by atoms with van der Waals surface area (Å²) in [6, 6.07) is 6.65. The van der Waals surface area contributed by atoms with Gasteiger partial charge in [0.15, 0.2) is 0 Å². The first-order chi connectivity index (χ1) is 10.2. The van der Waals surface area contributed by atoms with E-state index in [2.05, 4.69) is 20.8 Å². The first-order valence-electron chi connectivity index (χ1n) is 7.73. The molecule has 0 aromatic heterocycles. The van der Waals surface area contributed by atoms with Gasteiger partial charge in [-0.1, -0.05) is 40.4 Å². The van der Waals surface area contributed by atoms with Gasteiger partial charge in [-0.05, 0) is 36.6 Å². The molecule has 5 heteroatoms. The smallest absolute Gasteiger partial charge is 0.0731 e. The van der Waals surface area contributed by atoms with E-state index in [-0.39, 0.29) is 6.04 Å². The van der Waals surface area contributed by atoms with Crippen molar-refractivity contribution in [3.8, 4) is 0 Å². The summed E-state index contributed by atoms with van der Waals surface area (Å²) in [4.78, 5) is 2.55. The summed E-state index contributed by atoms with van der Waals surface area (Å²) >= 11 is 9.84. The minimum absolute atomic E-state index is 0.201. The minimum Gasteiger partial charge on any atom is -0.375 e. The number of halogens is 2. The Morgan fingerprint density at radius 2 is 2.19 bits per heavy atom. The fraction of sp³-hybridized carbons (Fsp3) is 0.625. The van der Waals surface area contributed by atoms with Crippen LogP contribution in [0.5, 0.6) is 0 Å². The molecule has 0 spiro atoms. The Hall–Kier alpha value is -0.130. The highest BCUT2D eigenvalue weighted by Gasteiger charge is 2.38. The Kier molecular flexibility index (Phi) is 5.23. The van der Waals surface area contributed by atoms with Crippen LogP contribution in [-0.2, 0) is 4.74 Å². The van der Waals surface area contributed by atoms with Crippen molar-refractivity contribution in [2.45, 2.75) is 43.9 Å². The molecule has 2 aliphatic rings. The summed E-state index contributed by atoms with van der Waals surface area (Å²) in [6.07, 6.45) is 5.33. The van der Waals surface area contributed by atoms with Gasteiger partial charge in [0.05, 0.1) is 12.7 Å². The average molecular weight is 374 g/mol. The molecule has 3 rings (SSSR count). The zero-order valence-corrected chi connectivity index (χ0v) is 14.4. The third kappa shape index (κ3) is 3.30. The lowest BCUT2D eigenvalue weighted by atomic mass is 9.88. The Balaban J connectivity index is 1.89. The third-order valence-electron chi connectivity index (χ3n) is 4.72. The molecule has 1 aliphatic carbocycles. The van der Waals surface area contributed by atoms with Gasteiger partial charge in [0.1, 0.15) is 0 Å². The fourth-order valence-electron chi connectivity index (χ4n) is 3.72. The second kappa shape index (κ2) is 6.97. The Labute approximate surface area is 139 Å². The molecule has 1 heterocycles. The second-order valence-corrected chi connectivity index (χ2v) is 7.21. The van der Waals surface area contributed by atoms with Crippen molar-refractivity contribution in [3.05, 3.63) is 33.3 Å². The number of fused-ring (bicyclic) bond motifs is 1. The molecule has 1 aliphatic heterocycles. The van der Waals surface area contributed by atoms with E-state index in [1.807, 2.05) is 18.2 Å².